The van der Waals surface area contributed by atoms with Crippen LogP contribution in [0.1, 0.15) is 44.1 Å². The van der Waals surface area contributed by atoms with E-state index in [0.717, 1.165) is 42.3 Å². The third-order valence-electron chi connectivity index (χ3n) is 6.71. The molecule has 1 aromatic heterocycles. The molecule has 4 atom stereocenters. The lowest BCUT2D eigenvalue weighted by Crippen LogP contribution is -2.57. The Morgan fingerprint density at radius 3 is 2.59 bits per heavy atom. The summed E-state index contributed by atoms with van der Waals surface area (Å²) in [5, 5.41) is 5.96. The Labute approximate surface area is 191 Å². The maximum absolute atomic E-state index is 12.0. The highest BCUT2D eigenvalue weighted by Gasteiger charge is 2.41. The number of nitrogens with zero attached hydrogens (tertiary/aromatic N) is 4. The van der Waals surface area contributed by atoms with Gasteiger partial charge in [0.1, 0.15) is 5.82 Å². The first-order chi connectivity index (χ1) is 15.3. The van der Waals surface area contributed by atoms with Gasteiger partial charge < -0.3 is 15.5 Å². The summed E-state index contributed by atoms with van der Waals surface area (Å²) in [5.74, 6) is 1.85. The van der Waals surface area contributed by atoms with E-state index in [1.807, 2.05) is 20.8 Å². The molecule has 0 aliphatic carbocycles. The second-order valence-electron chi connectivity index (χ2n) is 9.72. The Hall–Kier alpha value is -2.67. The van der Waals surface area contributed by atoms with Gasteiger partial charge in [0.15, 0.2) is 0 Å². The molecule has 32 heavy (non-hydrogen) atoms. The van der Waals surface area contributed by atoms with E-state index in [1.54, 1.807) is 0 Å². The molecule has 2 aromatic rings. The molecule has 1 unspecified atom stereocenters. The van der Waals surface area contributed by atoms with Crippen molar-refractivity contribution in [2.45, 2.75) is 51.6 Å². The second kappa shape index (κ2) is 9.45. The van der Waals surface area contributed by atoms with E-state index in [0.29, 0.717) is 24.4 Å². The number of amides is 2. The summed E-state index contributed by atoms with van der Waals surface area (Å²) in [5.41, 5.74) is 4.46. The molecule has 4 heterocycles. The molecule has 2 N–H and O–H groups in total. The van der Waals surface area contributed by atoms with Gasteiger partial charge in [-0.15, -0.1) is 0 Å². The molecular formula is C25H36N6O. The van der Waals surface area contributed by atoms with Crippen molar-refractivity contribution in [3.63, 3.8) is 0 Å². The molecule has 0 saturated carbocycles. The fourth-order valence-electron chi connectivity index (χ4n) is 5.07. The van der Waals surface area contributed by atoms with Gasteiger partial charge in [0.05, 0.1) is 5.69 Å². The molecule has 1 aromatic carbocycles. The lowest BCUT2D eigenvalue weighted by atomic mass is 9.74. The van der Waals surface area contributed by atoms with Gasteiger partial charge >= 0.3 is 6.03 Å². The molecule has 3 aliphatic rings. The molecule has 7 nitrogen and oxygen atoms in total. The number of anilines is 1. The smallest absolute Gasteiger partial charge is 0.315 e. The molecule has 7 heteroatoms. The summed E-state index contributed by atoms with van der Waals surface area (Å²) in [7, 11) is 4.10. The van der Waals surface area contributed by atoms with E-state index in [9.17, 15) is 4.79 Å². The van der Waals surface area contributed by atoms with E-state index >= 15 is 0 Å². The van der Waals surface area contributed by atoms with Crippen molar-refractivity contribution in [3.8, 4) is 11.3 Å². The lowest BCUT2D eigenvalue weighted by Gasteiger charge is -2.49. The SMILES string of the molecule is Cc1nc(-c2ccc(N(C)C)cc2)cc([C@@H]2CN3CC[C@H]2C[C@@H]3CNC(=O)NC(C)C)n1. The topological polar surface area (TPSA) is 73.4 Å². The fraction of sp³-hybridized carbons (Fsp3) is 0.560. The minimum absolute atomic E-state index is 0.0736. The van der Waals surface area contributed by atoms with Crippen molar-refractivity contribution in [3.05, 3.63) is 41.9 Å². The van der Waals surface area contributed by atoms with Gasteiger partial charge in [-0.25, -0.2) is 14.8 Å². The van der Waals surface area contributed by atoms with Crippen molar-refractivity contribution < 1.29 is 4.79 Å². The molecular weight excluding hydrogens is 400 g/mol. The van der Waals surface area contributed by atoms with Crippen LogP contribution >= 0.6 is 0 Å². The summed E-state index contributed by atoms with van der Waals surface area (Å²) < 4.78 is 0. The van der Waals surface area contributed by atoms with Crippen LogP contribution in [-0.4, -0.2) is 66.7 Å². The number of aryl methyl sites for hydroxylation is 1. The number of nitrogens with one attached hydrogen (secondary N) is 2. The molecule has 172 valence electrons. The quantitative estimate of drug-likeness (QED) is 0.726. The highest BCUT2D eigenvalue weighted by atomic mass is 16.2. The van der Waals surface area contributed by atoms with Crippen molar-refractivity contribution in [1.29, 1.82) is 0 Å². The predicted octanol–water partition coefficient (Wildman–Crippen LogP) is 3.40. The van der Waals surface area contributed by atoms with Crippen LogP contribution in [0.25, 0.3) is 11.3 Å². The van der Waals surface area contributed by atoms with Gasteiger partial charge in [-0.3, -0.25) is 4.90 Å². The van der Waals surface area contributed by atoms with Gasteiger partial charge in [0.25, 0.3) is 0 Å². The number of fused-ring (bicyclic) bond motifs is 3. The molecule has 2 amide bonds. The normalized spacial score (nSPS) is 24.4. The maximum atomic E-state index is 12.0. The standard InChI is InChI=1S/C25H36N6O/c1-16(2)27-25(32)26-14-21-12-19-10-11-31(21)15-22(19)24-13-23(28-17(3)29-24)18-6-8-20(9-7-18)30(4)5/h6-9,13,16,19,21-22H,10-12,14-15H2,1-5H3,(H2,26,27,32)/t19-,21+,22+/m0/s1. The summed E-state index contributed by atoms with van der Waals surface area (Å²) in [4.78, 5) is 26.2. The minimum Gasteiger partial charge on any atom is -0.378 e. The molecule has 3 aliphatic heterocycles. The number of urea groups is 1. The number of hydrogen-bond acceptors (Lipinski definition) is 5. The summed E-state index contributed by atoms with van der Waals surface area (Å²) in [6, 6.07) is 11.2. The average Bonchev–Trinajstić information content (AvgIpc) is 2.77. The number of carbonyl (C=O) groups is 1. The third kappa shape index (κ3) is 5.04. The zero-order valence-corrected chi connectivity index (χ0v) is 19.9. The number of rotatable bonds is 6. The highest BCUT2D eigenvalue weighted by Crippen LogP contribution is 2.41. The molecule has 0 radical (unpaired) electrons. The van der Waals surface area contributed by atoms with Crippen LogP contribution in [0.2, 0.25) is 0 Å². The highest BCUT2D eigenvalue weighted by molar-refractivity contribution is 5.74. The van der Waals surface area contributed by atoms with E-state index in [4.69, 9.17) is 9.97 Å². The Morgan fingerprint density at radius 1 is 1.22 bits per heavy atom. The number of hydrogen-bond donors (Lipinski definition) is 2. The van der Waals surface area contributed by atoms with Crippen molar-refractivity contribution in [2.24, 2.45) is 5.92 Å². The summed E-state index contributed by atoms with van der Waals surface area (Å²) >= 11 is 0. The van der Waals surface area contributed by atoms with Crippen LogP contribution in [0, 0.1) is 12.8 Å². The van der Waals surface area contributed by atoms with Gasteiger partial charge in [0.2, 0.25) is 0 Å². The van der Waals surface area contributed by atoms with Crippen LogP contribution in [0.4, 0.5) is 10.5 Å². The van der Waals surface area contributed by atoms with Crippen molar-refractivity contribution in [2.75, 3.05) is 38.6 Å². The van der Waals surface area contributed by atoms with Gasteiger partial charge in [-0.05, 0) is 64.3 Å². The third-order valence-corrected chi connectivity index (χ3v) is 6.71. The zero-order chi connectivity index (χ0) is 22.8. The van der Waals surface area contributed by atoms with E-state index in [2.05, 4.69) is 64.9 Å². The first kappa shape index (κ1) is 22.5. The van der Waals surface area contributed by atoms with E-state index < -0.39 is 0 Å². The Balaban J connectivity index is 1.46. The van der Waals surface area contributed by atoms with Gasteiger partial charge in [-0.2, -0.15) is 0 Å². The molecule has 2 bridgehead atoms. The Kier molecular flexibility index (Phi) is 6.65. The number of carbonyl (C=O) groups excluding carboxylic acids is 1. The fourth-order valence-corrected chi connectivity index (χ4v) is 5.07. The first-order valence-corrected chi connectivity index (χ1v) is 11.7. The maximum Gasteiger partial charge on any atom is 0.315 e. The summed E-state index contributed by atoms with van der Waals surface area (Å²) in [6.45, 7) is 8.74. The molecule has 3 fully saturated rings. The van der Waals surface area contributed by atoms with E-state index in [-0.39, 0.29) is 12.1 Å². The van der Waals surface area contributed by atoms with Crippen molar-refractivity contribution in [1.82, 2.24) is 25.5 Å². The predicted molar refractivity (Wildman–Crippen MR) is 129 cm³/mol. The monoisotopic (exact) mass is 436 g/mol. The molecule has 0 spiro atoms. The minimum atomic E-state index is -0.0736. The lowest BCUT2D eigenvalue weighted by molar-refractivity contribution is 0.0304. The van der Waals surface area contributed by atoms with Crippen LogP contribution < -0.4 is 15.5 Å². The zero-order valence-electron chi connectivity index (χ0n) is 19.9. The van der Waals surface area contributed by atoms with E-state index in [1.165, 1.54) is 12.1 Å². The van der Waals surface area contributed by atoms with Crippen LogP contribution in [0.15, 0.2) is 30.3 Å². The first-order valence-electron chi connectivity index (χ1n) is 11.7. The summed E-state index contributed by atoms with van der Waals surface area (Å²) in [6.07, 6.45) is 2.29. The second-order valence-corrected chi connectivity index (χ2v) is 9.72. The number of benzene rings is 1. The van der Waals surface area contributed by atoms with Crippen molar-refractivity contribution >= 4 is 11.7 Å². The van der Waals surface area contributed by atoms with Crippen LogP contribution in [0.3, 0.4) is 0 Å². The van der Waals surface area contributed by atoms with Gasteiger partial charge in [-0.1, -0.05) is 12.1 Å². The Morgan fingerprint density at radius 2 is 1.97 bits per heavy atom. The average molecular weight is 437 g/mol. The molecule has 5 rings (SSSR count). The number of aromatic nitrogens is 2. The van der Waals surface area contributed by atoms with Crippen LogP contribution in [0.5, 0.6) is 0 Å². The number of piperidine rings is 3. The van der Waals surface area contributed by atoms with Crippen LogP contribution in [-0.2, 0) is 0 Å². The Bertz CT molecular complexity index is 942. The molecule has 3 saturated heterocycles. The largest absolute Gasteiger partial charge is 0.378 e. The van der Waals surface area contributed by atoms with Gasteiger partial charge in [0, 0.05) is 62.1 Å².